The van der Waals surface area contributed by atoms with Crippen molar-refractivity contribution in [1.82, 2.24) is 0 Å². The smallest absolute Gasteiger partial charge is 0.0948 e. The molecule has 2 nitrogen and oxygen atoms in total. The summed E-state index contributed by atoms with van der Waals surface area (Å²) in [6.45, 7) is 1.19. The molecule has 4 heteroatoms. The van der Waals surface area contributed by atoms with E-state index in [1.165, 1.54) is 0 Å². The Morgan fingerprint density at radius 3 is 2.00 bits per heavy atom. The number of halogens is 2. The zero-order valence-electron chi connectivity index (χ0n) is 5.56. The topological polar surface area (TPSA) is 18.5 Å². The zero-order valence-corrected chi connectivity index (χ0v) is 7.07. The van der Waals surface area contributed by atoms with Crippen molar-refractivity contribution in [3.05, 3.63) is 0 Å². The van der Waals surface area contributed by atoms with Crippen molar-refractivity contribution in [2.75, 3.05) is 25.0 Å². The van der Waals surface area contributed by atoms with E-state index in [1.807, 2.05) is 0 Å². The van der Waals surface area contributed by atoms with Crippen LogP contribution in [0.5, 0.6) is 0 Å². The lowest BCUT2D eigenvalue weighted by Gasteiger charge is -2.27. The van der Waals surface area contributed by atoms with Crippen molar-refractivity contribution in [3.63, 3.8) is 0 Å². The summed E-state index contributed by atoms with van der Waals surface area (Å²) in [5, 5.41) is 0. The maximum Gasteiger partial charge on any atom is 0.0948 e. The molecule has 0 spiro atoms. The van der Waals surface area contributed by atoms with Crippen molar-refractivity contribution < 1.29 is 9.47 Å². The van der Waals surface area contributed by atoms with Crippen molar-refractivity contribution in [2.24, 2.45) is 0 Å². The first-order valence-electron chi connectivity index (χ1n) is 3.22. The Labute approximate surface area is 70.4 Å². The summed E-state index contributed by atoms with van der Waals surface area (Å²) >= 11 is 11.1. The molecule has 0 amide bonds. The molecule has 1 fully saturated rings. The molecule has 1 heterocycles. The van der Waals surface area contributed by atoms with Crippen LogP contribution in [-0.4, -0.2) is 37.2 Å². The first kappa shape index (κ1) is 8.60. The third-order valence-corrected chi connectivity index (χ3v) is 2.03. The van der Waals surface area contributed by atoms with Crippen molar-refractivity contribution in [3.8, 4) is 0 Å². The van der Waals surface area contributed by atoms with E-state index < -0.39 is 0 Å². The molecule has 1 rings (SSSR count). The Hall–Kier alpha value is 0.500. The molecule has 1 saturated heterocycles. The van der Waals surface area contributed by atoms with Crippen LogP contribution in [0, 0.1) is 0 Å². The molecule has 0 N–H and O–H groups in total. The highest BCUT2D eigenvalue weighted by Crippen LogP contribution is 2.09. The van der Waals surface area contributed by atoms with Gasteiger partial charge in [-0.2, -0.15) is 0 Å². The van der Waals surface area contributed by atoms with Crippen LogP contribution in [0.4, 0.5) is 0 Å². The largest absolute Gasteiger partial charge is 0.376 e. The number of hydrogen-bond donors (Lipinski definition) is 0. The Bertz CT molecular complexity index is 89.7. The summed E-state index contributed by atoms with van der Waals surface area (Å²) < 4.78 is 10.6. The summed E-state index contributed by atoms with van der Waals surface area (Å²) in [4.78, 5) is 0. The quantitative estimate of drug-likeness (QED) is 0.602. The lowest BCUT2D eigenvalue weighted by atomic mass is 10.3. The summed E-state index contributed by atoms with van der Waals surface area (Å²) in [6, 6.07) is 0. The van der Waals surface area contributed by atoms with Crippen LogP contribution >= 0.6 is 23.2 Å². The van der Waals surface area contributed by atoms with E-state index in [1.54, 1.807) is 0 Å². The molecule has 0 aromatic heterocycles. The van der Waals surface area contributed by atoms with Gasteiger partial charge in [0.2, 0.25) is 0 Å². The maximum absolute atomic E-state index is 5.55. The molecule has 60 valence electrons. The van der Waals surface area contributed by atoms with Crippen LogP contribution in [0.15, 0.2) is 0 Å². The van der Waals surface area contributed by atoms with Gasteiger partial charge in [0, 0.05) is 0 Å². The van der Waals surface area contributed by atoms with Crippen LogP contribution in [0.2, 0.25) is 0 Å². The standard InChI is InChI=1S/C6H10Cl2O2/c7-1-5-3-9-4-6(2-8)10-5/h5-6H,1-4H2. The summed E-state index contributed by atoms with van der Waals surface area (Å²) in [6.07, 6.45) is 0.0540. The molecule has 1 aliphatic rings. The monoisotopic (exact) mass is 184 g/mol. The van der Waals surface area contributed by atoms with Crippen LogP contribution in [0.1, 0.15) is 0 Å². The number of hydrogen-bond acceptors (Lipinski definition) is 2. The molecule has 0 saturated carbocycles. The van der Waals surface area contributed by atoms with Gasteiger partial charge in [-0.1, -0.05) is 0 Å². The number of alkyl halides is 2. The molecule has 0 bridgehead atoms. The minimum atomic E-state index is 0.0270. The zero-order chi connectivity index (χ0) is 7.40. The van der Waals surface area contributed by atoms with Gasteiger partial charge >= 0.3 is 0 Å². The van der Waals surface area contributed by atoms with Crippen LogP contribution in [0.3, 0.4) is 0 Å². The first-order chi connectivity index (χ1) is 4.86. The fourth-order valence-corrected chi connectivity index (χ4v) is 1.17. The van der Waals surface area contributed by atoms with E-state index in [4.69, 9.17) is 32.7 Å². The Morgan fingerprint density at radius 1 is 1.10 bits per heavy atom. The van der Waals surface area contributed by atoms with Gasteiger partial charge < -0.3 is 9.47 Å². The second-order valence-electron chi connectivity index (χ2n) is 2.23. The number of rotatable bonds is 2. The second-order valence-corrected chi connectivity index (χ2v) is 2.84. The third kappa shape index (κ3) is 2.27. The molecule has 0 aromatic rings. The normalized spacial score (nSPS) is 34.2. The van der Waals surface area contributed by atoms with Gasteiger partial charge in [0.1, 0.15) is 0 Å². The summed E-state index contributed by atoms with van der Waals surface area (Å²) in [5.74, 6) is 0.959. The molecule has 1 aliphatic heterocycles. The molecular formula is C6H10Cl2O2. The van der Waals surface area contributed by atoms with Gasteiger partial charge in [-0.15, -0.1) is 23.2 Å². The summed E-state index contributed by atoms with van der Waals surface area (Å²) in [7, 11) is 0. The Balaban J connectivity index is 2.25. The average molecular weight is 185 g/mol. The number of ether oxygens (including phenoxy) is 2. The molecule has 0 radical (unpaired) electrons. The fourth-order valence-electron chi connectivity index (χ4n) is 0.843. The van der Waals surface area contributed by atoms with Gasteiger partial charge in [-0.05, 0) is 0 Å². The highest BCUT2D eigenvalue weighted by Gasteiger charge is 2.20. The minimum Gasteiger partial charge on any atom is -0.376 e. The van der Waals surface area contributed by atoms with Crippen LogP contribution < -0.4 is 0 Å². The molecular weight excluding hydrogens is 175 g/mol. The van der Waals surface area contributed by atoms with Gasteiger partial charge in [0.05, 0.1) is 37.2 Å². The lowest BCUT2D eigenvalue weighted by molar-refractivity contribution is -0.120. The molecule has 2 atom stereocenters. The van der Waals surface area contributed by atoms with Crippen LogP contribution in [0.25, 0.3) is 0 Å². The minimum absolute atomic E-state index is 0.0270. The molecule has 0 aliphatic carbocycles. The van der Waals surface area contributed by atoms with Crippen LogP contribution in [-0.2, 0) is 9.47 Å². The van der Waals surface area contributed by atoms with Gasteiger partial charge in [0.15, 0.2) is 0 Å². The predicted molar refractivity (Wildman–Crippen MR) is 40.9 cm³/mol. The van der Waals surface area contributed by atoms with E-state index in [0.29, 0.717) is 25.0 Å². The predicted octanol–water partition coefficient (Wildman–Crippen LogP) is 1.25. The van der Waals surface area contributed by atoms with E-state index in [-0.39, 0.29) is 12.2 Å². The highest BCUT2D eigenvalue weighted by atomic mass is 35.5. The van der Waals surface area contributed by atoms with E-state index in [0.717, 1.165) is 0 Å². The van der Waals surface area contributed by atoms with Crippen molar-refractivity contribution in [2.45, 2.75) is 12.2 Å². The second kappa shape index (κ2) is 4.39. The Kier molecular flexibility index (Phi) is 3.78. The Morgan fingerprint density at radius 2 is 1.60 bits per heavy atom. The first-order valence-corrected chi connectivity index (χ1v) is 4.29. The lowest BCUT2D eigenvalue weighted by Crippen LogP contribution is -2.38. The van der Waals surface area contributed by atoms with E-state index >= 15 is 0 Å². The average Bonchev–Trinajstić information content (AvgIpc) is 2.05. The van der Waals surface area contributed by atoms with Gasteiger partial charge in [-0.25, -0.2) is 0 Å². The van der Waals surface area contributed by atoms with E-state index in [2.05, 4.69) is 0 Å². The fraction of sp³-hybridized carbons (Fsp3) is 1.00. The third-order valence-electron chi connectivity index (χ3n) is 1.34. The highest BCUT2D eigenvalue weighted by molar-refractivity contribution is 6.18. The van der Waals surface area contributed by atoms with E-state index in [9.17, 15) is 0 Å². The molecule has 10 heavy (non-hydrogen) atoms. The molecule has 0 aromatic carbocycles. The van der Waals surface area contributed by atoms with Crippen molar-refractivity contribution in [1.29, 1.82) is 0 Å². The summed E-state index contributed by atoms with van der Waals surface area (Å²) in [5.41, 5.74) is 0. The van der Waals surface area contributed by atoms with Crippen molar-refractivity contribution >= 4 is 23.2 Å². The van der Waals surface area contributed by atoms with Gasteiger partial charge in [-0.3, -0.25) is 0 Å². The van der Waals surface area contributed by atoms with Gasteiger partial charge in [0.25, 0.3) is 0 Å². The molecule has 2 unspecified atom stereocenters. The SMILES string of the molecule is ClCC1COCC(CCl)O1. The maximum atomic E-state index is 5.55.